The molecule has 1 aromatic carbocycles. The highest BCUT2D eigenvalue weighted by Gasteiger charge is 2.09. The van der Waals surface area contributed by atoms with Crippen LogP contribution in [0.4, 0.5) is 10.5 Å². The molecular formula is C20H28N2O3. The van der Waals surface area contributed by atoms with Crippen molar-refractivity contribution in [1.82, 2.24) is 5.43 Å². The van der Waals surface area contributed by atoms with Crippen LogP contribution in [0.3, 0.4) is 0 Å². The summed E-state index contributed by atoms with van der Waals surface area (Å²) < 4.78 is 10.3. The maximum atomic E-state index is 11.6. The Balaban J connectivity index is 0.00000151. The maximum absolute atomic E-state index is 11.6. The number of hydrogen-bond donors (Lipinski definition) is 2. The van der Waals surface area contributed by atoms with Crippen LogP contribution >= 0.6 is 0 Å². The Morgan fingerprint density at radius 3 is 2.64 bits per heavy atom. The molecule has 0 radical (unpaired) electrons. The lowest BCUT2D eigenvalue weighted by molar-refractivity contribution is 0.117. The van der Waals surface area contributed by atoms with Crippen LogP contribution in [-0.4, -0.2) is 19.3 Å². The molecule has 0 aliphatic heterocycles. The average molecular weight is 344 g/mol. The molecule has 0 aromatic heterocycles. The summed E-state index contributed by atoms with van der Waals surface area (Å²) in [4.78, 5) is 11.6. The van der Waals surface area contributed by atoms with Gasteiger partial charge in [-0.1, -0.05) is 50.3 Å². The summed E-state index contributed by atoms with van der Waals surface area (Å²) in [5.41, 5.74) is 8.13. The van der Waals surface area contributed by atoms with Crippen molar-refractivity contribution in [2.75, 3.05) is 12.5 Å². The molecular weight excluding hydrogens is 316 g/mol. The fourth-order valence-corrected chi connectivity index (χ4v) is 2.12. The Kier molecular flexibility index (Phi) is 8.93. The van der Waals surface area contributed by atoms with Crippen molar-refractivity contribution < 1.29 is 14.3 Å². The van der Waals surface area contributed by atoms with Gasteiger partial charge in [-0.15, -0.1) is 0 Å². The molecule has 25 heavy (non-hydrogen) atoms. The first-order valence-electron chi connectivity index (χ1n) is 8.54. The van der Waals surface area contributed by atoms with Gasteiger partial charge in [0.2, 0.25) is 0 Å². The van der Waals surface area contributed by atoms with E-state index in [1.54, 1.807) is 21.0 Å². The molecule has 0 spiro atoms. The second-order valence-electron chi connectivity index (χ2n) is 5.31. The number of anilines is 1. The van der Waals surface area contributed by atoms with Gasteiger partial charge in [-0.05, 0) is 43.5 Å². The van der Waals surface area contributed by atoms with Crippen LogP contribution in [0.1, 0.15) is 39.7 Å². The van der Waals surface area contributed by atoms with Crippen LogP contribution in [0.15, 0.2) is 48.6 Å². The van der Waals surface area contributed by atoms with E-state index in [9.17, 15) is 4.79 Å². The highest BCUT2D eigenvalue weighted by atomic mass is 16.6. The van der Waals surface area contributed by atoms with Gasteiger partial charge in [0.25, 0.3) is 0 Å². The number of hydrazine groups is 1. The normalized spacial score (nSPS) is 12.5. The van der Waals surface area contributed by atoms with Crippen molar-refractivity contribution in [2.45, 2.75) is 40.2 Å². The smallest absolute Gasteiger partial charge is 0.426 e. The fraction of sp³-hybridized carbons (Fsp3) is 0.350. The van der Waals surface area contributed by atoms with E-state index in [2.05, 4.69) is 35.2 Å². The first kappa shape index (κ1) is 20.4. The number of carbonyl (C=O) groups is 1. The van der Waals surface area contributed by atoms with Crippen molar-refractivity contribution >= 4 is 17.4 Å². The van der Waals surface area contributed by atoms with Crippen LogP contribution < -0.4 is 15.6 Å². The van der Waals surface area contributed by atoms with Crippen molar-refractivity contribution in [2.24, 2.45) is 0 Å². The number of methoxy groups -OCH3 is 1. The third-order valence-electron chi connectivity index (χ3n) is 3.16. The molecule has 0 atom stereocenters. The van der Waals surface area contributed by atoms with E-state index < -0.39 is 6.09 Å². The van der Waals surface area contributed by atoms with Crippen LogP contribution in [0.2, 0.25) is 0 Å². The molecule has 0 saturated heterocycles. The third kappa shape index (κ3) is 6.75. The fourth-order valence-electron chi connectivity index (χ4n) is 2.12. The van der Waals surface area contributed by atoms with Gasteiger partial charge in [0, 0.05) is 0 Å². The summed E-state index contributed by atoms with van der Waals surface area (Å²) >= 11 is 0. The third-order valence-corrected chi connectivity index (χ3v) is 3.16. The SMILES string of the molecule is CC.COc1ccc(C2=CC=CCC=C2)cc1NNC(=O)OC(C)C. The van der Waals surface area contributed by atoms with Gasteiger partial charge < -0.3 is 9.47 Å². The number of rotatable bonds is 5. The Morgan fingerprint density at radius 1 is 1.20 bits per heavy atom. The summed E-state index contributed by atoms with van der Waals surface area (Å²) in [6, 6.07) is 5.76. The van der Waals surface area contributed by atoms with Gasteiger partial charge in [-0.25, -0.2) is 10.2 Å². The molecule has 136 valence electrons. The van der Waals surface area contributed by atoms with E-state index >= 15 is 0 Å². The molecule has 2 rings (SSSR count). The maximum Gasteiger partial charge on any atom is 0.426 e. The lowest BCUT2D eigenvalue weighted by Crippen LogP contribution is -2.31. The topological polar surface area (TPSA) is 59.6 Å². The van der Waals surface area contributed by atoms with Crippen LogP contribution in [-0.2, 0) is 4.74 Å². The minimum atomic E-state index is -0.538. The van der Waals surface area contributed by atoms with Gasteiger partial charge in [0.1, 0.15) is 5.75 Å². The molecule has 1 aliphatic rings. The molecule has 1 aromatic rings. The minimum Gasteiger partial charge on any atom is -0.495 e. The highest BCUT2D eigenvalue weighted by molar-refractivity contribution is 5.79. The number of nitrogens with one attached hydrogen (secondary N) is 2. The van der Waals surface area contributed by atoms with Gasteiger partial charge in [0.15, 0.2) is 0 Å². The van der Waals surface area contributed by atoms with Crippen molar-refractivity contribution in [1.29, 1.82) is 0 Å². The van der Waals surface area contributed by atoms with Crippen LogP contribution in [0, 0.1) is 0 Å². The predicted molar refractivity (Wildman–Crippen MR) is 104 cm³/mol. The lowest BCUT2D eigenvalue weighted by atomic mass is 10.0. The lowest BCUT2D eigenvalue weighted by Gasteiger charge is -2.15. The standard InChI is InChI=1S/C18H22N2O3.C2H6/c1-13(2)23-18(21)20-19-16-12-15(10-11-17(16)22-3)14-8-6-4-5-7-9-14;1-2/h4,6-13,19H,5H2,1-3H3,(H,20,21);1-2H3. The summed E-state index contributed by atoms with van der Waals surface area (Å²) in [6.07, 6.45) is 10.6. The van der Waals surface area contributed by atoms with E-state index in [0.717, 1.165) is 17.6 Å². The Morgan fingerprint density at radius 2 is 1.96 bits per heavy atom. The molecule has 1 aliphatic carbocycles. The molecule has 5 nitrogen and oxygen atoms in total. The summed E-state index contributed by atoms with van der Waals surface area (Å²) in [5, 5.41) is 0. The number of allylic oxidation sites excluding steroid dienone is 6. The van der Waals surface area contributed by atoms with Gasteiger partial charge in [-0.2, -0.15) is 0 Å². The minimum absolute atomic E-state index is 0.182. The predicted octanol–water partition coefficient (Wildman–Crippen LogP) is 5.08. The molecule has 0 heterocycles. The quantitative estimate of drug-likeness (QED) is 0.731. The monoisotopic (exact) mass is 344 g/mol. The van der Waals surface area contributed by atoms with E-state index in [-0.39, 0.29) is 6.10 Å². The zero-order valence-corrected chi connectivity index (χ0v) is 15.6. The first-order chi connectivity index (χ1) is 12.1. The summed E-state index contributed by atoms with van der Waals surface area (Å²) in [7, 11) is 1.58. The zero-order valence-electron chi connectivity index (χ0n) is 15.6. The van der Waals surface area contributed by atoms with Crippen LogP contribution in [0.5, 0.6) is 5.75 Å². The second kappa shape index (κ2) is 11.0. The molecule has 2 N–H and O–H groups in total. The largest absolute Gasteiger partial charge is 0.495 e. The number of benzene rings is 1. The Labute approximate surface area is 150 Å². The van der Waals surface area contributed by atoms with Crippen LogP contribution in [0.25, 0.3) is 5.57 Å². The molecule has 5 heteroatoms. The van der Waals surface area contributed by atoms with Gasteiger partial charge in [0.05, 0.1) is 18.9 Å². The van der Waals surface area contributed by atoms with Crippen molar-refractivity contribution in [3.8, 4) is 5.75 Å². The van der Waals surface area contributed by atoms with E-state index in [4.69, 9.17) is 9.47 Å². The first-order valence-corrected chi connectivity index (χ1v) is 8.54. The molecule has 0 unspecified atom stereocenters. The molecule has 0 fully saturated rings. The summed E-state index contributed by atoms with van der Waals surface area (Å²) in [6.45, 7) is 7.58. The Hall–Kier alpha value is -2.69. The van der Waals surface area contributed by atoms with Crippen molar-refractivity contribution in [3.63, 3.8) is 0 Å². The van der Waals surface area contributed by atoms with E-state index in [1.807, 2.05) is 38.1 Å². The number of amides is 1. The summed E-state index contributed by atoms with van der Waals surface area (Å²) in [5.74, 6) is 0.632. The van der Waals surface area contributed by atoms with E-state index in [0.29, 0.717) is 11.4 Å². The number of hydrogen-bond acceptors (Lipinski definition) is 4. The van der Waals surface area contributed by atoms with E-state index in [1.165, 1.54) is 0 Å². The Bertz CT molecular complexity index is 646. The average Bonchev–Trinajstić information content (AvgIpc) is 2.90. The number of carbonyl (C=O) groups excluding carboxylic acids is 1. The molecule has 1 amide bonds. The zero-order chi connectivity index (χ0) is 18.7. The highest BCUT2D eigenvalue weighted by Crippen LogP contribution is 2.29. The van der Waals surface area contributed by atoms with Gasteiger partial charge in [-0.3, -0.25) is 5.43 Å². The van der Waals surface area contributed by atoms with Gasteiger partial charge >= 0.3 is 6.09 Å². The number of ether oxygens (including phenoxy) is 2. The van der Waals surface area contributed by atoms with Crippen molar-refractivity contribution in [3.05, 3.63) is 54.1 Å². The molecule has 0 saturated carbocycles. The second-order valence-corrected chi connectivity index (χ2v) is 5.31. The molecule has 0 bridgehead atoms.